The minimum absolute atomic E-state index is 0.0276. The molecule has 0 radical (unpaired) electrons. The van der Waals surface area contributed by atoms with Crippen LogP contribution in [0.2, 0.25) is 5.02 Å². The molecule has 4 rings (SSSR count). The van der Waals surface area contributed by atoms with Crippen molar-refractivity contribution in [3.63, 3.8) is 0 Å². The summed E-state index contributed by atoms with van der Waals surface area (Å²) in [6.45, 7) is 1.80. The van der Waals surface area contributed by atoms with Crippen molar-refractivity contribution in [3.05, 3.63) is 61.5 Å². The number of rotatable bonds is 2. The number of halogens is 1. The zero-order chi connectivity index (χ0) is 17.7. The van der Waals surface area contributed by atoms with Crippen LogP contribution < -0.4 is 10.9 Å². The van der Waals surface area contributed by atoms with Gasteiger partial charge in [-0.15, -0.1) is 11.3 Å². The van der Waals surface area contributed by atoms with Gasteiger partial charge in [-0.25, -0.2) is 4.98 Å². The lowest BCUT2D eigenvalue weighted by atomic mass is 10.1. The average Bonchev–Trinajstić information content (AvgIpc) is 3.12. The number of hydrogen-bond donors (Lipinski definition) is 1. The zero-order valence-corrected chi connectivity index (χ0v) is 15.4. The van der Waals surface area contributed by atoms with Crippen LogP contribution in [0.1, 0.15) is 38.8 Å². The molecule has 1 aliphatic carbocycles. The number of carbonyl (C=O) groups is 1. The summed E-state index contributed by atoms with van der Waals surface area (Å²) in [5.74, 6) is -0.157. The van der Waals surface area contributed by atoms with Gasteiger partial charge in [-0.3, -0.25) is 9.59 Å². The lowest BCUT2D eigenvalue weighted by molar-refractivity contribution is 0.0940. The van der Waals surface area contributed by atoms with Gasteiger partial charge in [0, 0.05) is 12.1 Å². The molecule has 0 fully saturated rings. The molecule has 2 aromatic heterocycles. The number of aryl methyl sites for hydroxylation is 3. The summed E-state index contributed by atoms with van der Waals surface area (Å²) in [6.07, 6.45) is 3.24. The molecule has 1 aromatic carbocycles. The molecule has 3 aromatic rings. The SMILES string of the molecule is Cc1c(C(=O)NC2CCc3cc(Cl)ccc32)sc2ncn(C)c(=O)c12. The molecule has 1 atom stereocenters. The van der Waals surface area contributed by atoms with E-state index >= 15 is 0 Å². The maximum absolute atomic E-state index is 12.8. The molecule has 5 nitrogen and oxygen atoms in total. The first-order chi connectivity index (χ1) is 12.0. The van der Waals surface area contributed by atoms with Crippen molar-refractivity contribution in [2.45, 2.75) is 25.8 Å². The molecular weight excluding hydrogens is 358 g/mol. The van der Waals surface area contributed by atoms with Gasteiger partial charge in [0.25, 0.3) is 11.5 Å². The highest BCUT2D eigenvalue weighted by Gasteiger charge is 2.26. The smallest absolute Gasteiger partial charge is 0.262 e. The lowest BCUT2D eigenvalue weighted by Gasteiger charge is -2.14. The largest absolute Gasteiger partial charge is 0.345 e. The summed E-state index contributed by atoms with van der Waals surface area (Å²) in [6, 6.07) is 5.76. The summed E-state index contributed by atoms with van der Waals surface area (Å²) >= 11 is 7.31. The fourth-order valence-electron chi connectivity index (χ4n) is 3.39. The van der Waals surface area contributed by atoms with Crippen molar-refractivity contribution in [2.24, 2.45) is 7.05 Å². The Labute approximate surface area is 153 Å². The van der Waals surface area contributed by atoms with Gasteiger partial charge in [-0.1, -0.05) is 17.7 Å². The number of fused-ring (bicyclic) bond motifs is 2. The molecule has 0 spiro atoms. The molecule has 1 aliphatic rings. The second-order valence-corrected chi connectivity index (χ2v) is 7.74. The highest BCUT2D eigenvalue weighted by molar-refractivity contribution is 7.20. The minimum Gasteiger partial charge on any atom is -0.345 e. The molecule has 7 heteroatoms. The first-order valence-corrected chi connectivity index (χ1v) is 9.19. The van der Waals surface area contributed by atoms with Crippen LogP contribution in [0.25, 0.3) is 10.2 Å². The Morgan fingerprint density at radius 2 is 2.24 bits per heavy atom. The third-order valence-corrected chi connectivity index (χ3v) is 6.14. The third-order valence-electron chi connectivity index (χ3n) is 4.70. The van der Waals surface area contributed by atoms with Gasteiger partial charge in [-0.05, 0) is 48.6 Å². The summed E-state index contributed by atoms with van der Waals surface area (Å²) in [7, 11) is 1.66. The van der Waals surface area contributed by atoms with Crippen LogP contribution in [0.5, 0.6) is 0 Å². The number of hydrogen-bond acceptors (Lipinski definition) is 4. The Kier molecular flexibility index (Phi) is 3.89. The Morgan fingerprint density at radius 1 is 1.44 bits per heavy atom. The van der Waals surface area contributed by atoms with Gasteiger partial charge < -0.3 is 9.88 Å². The van der Waals surface area contributed by atoms with Crippen LogP contribution in [0.4, 0.5) is 0 Å². The van der Waals surface area contributed by atoms with Crippen molar-refractivity contribution < 1.29 is 4.79 Å². The summed E-state index contributed by atoms with van der Waals surface area (Å²) in [4.78, 5) is 30.5. The van der Waals surface area contributed by atoms with E-state index in [1.807, 2.05) is 18.2 Å². The Hall–Kier alpha value is -2.18. The minimum atomic E-state index is -0.157. The Morgan fingerprint density at radius 3 is 3.04 bits per heavy atom. The van der Waals surface area contributed by atoms with Gasteiger partial charge in [-0.2, -0.15) is 0 Å². The maximum Gasteiger partial charge on any atom is 0.262 e. The second-order valence-electron chi connectivity index (χ2n) is 6.30. The topological polar surface area (TPSA) is 64.0 Å². The van der Waals surface area contributed by atoms with Gasteiger partial charge >= 0.3 is 0 Å². The first kappa shape index (κ1) is 16.3. The van der Waals surface area contributed by atoms with Crippen molar-refractivity contribution in [1.29, 1.82) is 0 Å². The normalized spacial score (nSPS) is 16.2. The average molecular weight is 374 g/mol. The molecule has 25 heavy (non-hydrogen) atoms. The van der Waals surface area contributed by atoms with Crippen molar-refractivity contribution in [3.8, 4) is 0 Å². The molecule has 0 bridgehead atoms. The van der Waals surface area contributed by atoms with E-state index in [2.05, 4.69) is 10.3 Å². The monoisotopic (exact) mass is 373 g/mol. The zero-order valence-electron chi connectivity index (χ0n) is 13.8. The molecule has 1 unspecified atom stereocenters. The molecule has 2 heterocycles. The quantitative estimate of drug-likeness (QED) is 0.749. The van der Waals surface area contributed by atoms with E-state index in [1.54, 1.807) is 14.0 Å². The Bertz CT molecular complexity index is 1070. The van der Waals surface area contributed by atoms with E-state index in [-0.39, 0.29) is 17.5 Å². The van der Waals surface area contributed by atoms with Crippen LogP contribution in [0.15, 0.2) is 29.3 Å². The standard InChI is InChI=1S/C18H16ClN3O2S/c1-9-14-17(20-8-22(2)18(14)24)25-15(9)16(23)21-13-6-3-10-7-11(19)4-5-12(10)13/h4-5,7-8,13H,3,6H2,1-2H3,(H,21,23). The molecule has 0 saturated heterocycles. The van der Waals surface area contributed by atoms with Crippen molar-refractivity contribution in [2.75, 3.05) is 0 Å². The predicted octanol–water partition coefficient (Wildman–Crippen LogP) is 3.37. The number of carbonyl (C=O) groups excluding carboxylic acids is 1. The highest BCUT2D eigenvalue weighted by Crippen LogP contribution is 2.34. The molecule has 1 N–H and O–H groups in total. The Balaban J connectivity index is 1.67. The van der Waals surface area contributed by atoms with E-state index in [9.17, 15) is 9.59 Å². The van der Waals surface area contributed by atoms with Crippen LogP contribution in [0, 0.1) is 6.92 Å². The van der Waals surface area contributed by atoms with Gasteiger partial charge in [0.2, 0.25) is 0 Å². The van der Waals surface area contributed by atoms with Gasteiger partial charge in [0.05, 0.1) is 22.6 Å². The number of thiophene rings is 1. The first-order valence-electron chi connectivity index (χ1n) is 7.99. The molecular formula is C18H16ClN3O2S. The predicted molar refractivity (Wildman–Crippen MR) is 99.6 cm³/mol. The fraction of sp³-hybridized carbons (Fsp3) is 0.278. The number of nitrogens with zero attached hydrogens (tertiary/aromatic N) is 2. The van der Waals surface area contributed by atoms with Crippen LogP contribution in [0.3, 0.4) is 0 Å². The van der Waals surface area contributed by atoms with Gasteiger partial charge in [0.15, 0.2) is 0 Å². The molecule has 128 valence electrons. The number of aromatic nitrogens is 2. The van der Waals surface area contributed by atoms with Crippen molar-refractivity contribution >= 4 is 39.1 Å². The van der Waals surface area contributed by atoms with Gasteiger partial charge in [0.1, 0.15) is 4.83 Å². The van der Waals surface area contributed by atoms with E-state index in [4.69, 9.17) is 11.6 Å². The second kappa shape index (κ2) is 5.97. The van der Waals surface area contributed by atoms with Crippen LogP contribution in [-0.2, 0) is 13.5 Å². The summed E-state index contributed by atoms with van der Waals surface area (Å²) in [5, 5.41) is 4.34. The van der Waals surface area contributed by atoms with Crippen LogP contribution in [-0.4, -0.2) is 15.5 Å². The van der Waals surface area contributed by atoms with E-state index in [0.29, 0.717) is 25.7 Å². The number of nitrogens with one attached hydrogen (secondary N) is 1. The number of benzene rings is 1. The molecule has 1 amide bonds. The molecule has 0 aliphatic heterocycles. The highest BCUT2D eigenvalue weighted by atomic mass is 35.5. The third kappa shape index (κ3) is 2.65. The lowest BCUT2D eigenvalue weighted by Crippen LogP contribution is -2.27. The van der Waals surface area contributed by atoms with Crippen molar-refractivity contribution in [1.82, 2.24) is 14.9 Å². The maximum atomic E-state index is 12.8. The fourth-order valence-corrected chi connectivity index (χ4v) is 4.62. The van der Waals surface area contributed by atoms with E-state index in [1.165, 1.54) is 27.8 Å². The summed E-state index contributed by atoms with van der Waals surface area (Å²) in [5.41, 5.74) is 2.87. The van der Waals surface area contributed by atoms with E-state index in [0.717, 1.165) is 18.4 Å². The van der Waals surface area contributed by atoms with E-state index < -0.39 is 0 Å². The van der Waals surface area contributed by atoms with Crippen LogP contribution >= 0.6 is 22.9 Å². The summed E-state index contributed by atoms with van der Waals surface area (Å²) < 4.78 is 1.43. The number of amides is 1. The molecule has 0 saturated carbocycles.